The first-order valence-corrected chi connectivity index (χ1v) is 11.4. The number of carbonyl (C=O) groups is 1. The number of carbonyl (C=O) groups excluding carboxylic acids is 1. The average Bonchev–Trinajstić information content (AvgIpc) is 3.27. The minimum absolute atomic E-state index is 0.0913. The standard InChI is InChI=1S/C20H20N4O3S2/c21-16-7-9-24(13-16)29(26,27)17-5-3-14(4-6-17)11-23-20(25)18-10-15-2-1-8-22-12-19(15)28-18/h3-6,8,10,12,15-16H,7,9,11,13,21H2,(H,23,25). The Bertz CT molecular complexity index is 1080. The molecule has 9 heteroatoms. The number of rotatable bonds is 5. The maximum absolute atomic E-state index is 12.6. The lowest BCUT2D eigenvalue weighted by molar-refractivity contribution is -0.116. The number of amides is 1. The minimum atomic E-state index is -3.52. The molecule has 0 radical (unpaired) electrons. The first kappa shape index (κ1) is 19.9. The van der Waals surface area contributed by atoms with Crippen molar-refractivity contribution in [3.8, 4) is 11.8 Å². The second-order valence-corrected chi connectivity index (χ2v) is 10.0. The highest BCUT2D eigenvalue weighted by molar-refractivity contribution is 8.07. The smallest absolute Gasteiger partial charge is 0.258 e. The predicted octanol–water partition coefficient (Wildman–Crippen LogP) is 1.20. The van der Waals surface area contributed by atoms with Gasteiger partial charge in [-0.1, -0.05) is 35.7 Å². The van der Waals surface area contributed by atoms with Gasteiger partial charge in [0, 0.05) is 36.8 Å². The van der Waals surface area contributed by atoms with Crippen molar-refractivity contribution >= 4 is 33.9 Å². The normalized spacial score (nSPS) is 23.5. The molecule has 1 fully saturated rings. The molecule has 1 aromatic rings. The Kier molecular flexibility index (Phi) is 5.61. The van der Waals surface area contributed by atoms with Gasteiger partial charge < -0.3 is 11.1 Å². The summed E-state index contributed by atoms with van der Waals surface area (Å²) in [5.41, 5.74) is 6.64. The number of hydrogen-bond donors (Lipinski definition) is 2. The number of benzene rings is 1. The van der Waals surface area contributed by atoms with E-state index < -0.39 is 10.0 Å². The van der Waals surface area contributed by atoms with Crippen LogP contribution in [0.1, 0.15) is 12.0 Å². The van der Waals surface area contributed by atoms with Gasteiger partial charge >= 0.3 is 0 Å². The number of hydrogen-bond acceptors (Lipinski definition) is 6. The first-order chi connectivity index (χ1) is 13.9. The number of nitrogens with one attached hydrogen (secondary N) is 1. The third kappa shape index (κ3) is 4.31. The fourth-order valence-corrected chi connectivity index (χ4v) is 5.75. The fraction of sp³-hybridized carbons (Fsp3) is 0.300. The summed E-state index contributed by atoms with van der Waals surface area (Å²) in [5, 5.41) is 2.87. The zero-order valence-electron chi connectivity index (χ0n) is 15.5. The summed E-state index contributed by atoms with van der Waals surface area (Å²) in [5.74, 6) is 5.59. The lowest BCUT2D eigenvalue weighted by atomic mass is 10.1. The minimum Gasteiger partial charge on any atom is -0.348 e. The Morgan fingerprint density at radius 1 is 1.34 bits per heavy atom. The molecule has 3 aliphatic heterocycles. The van der Waals surface area contributed by atoms with Crippen LogP contribution in [0.2, 0.25) is 0 Å². The van der Waals surface area contributed by atoms with Crippen molar-refractivity contribution in [2.45, 2.75) is 23.9 Å². The topological polar surface area (TPSA) is 105 Å². The molecule has 3 N–H and O–H groups in total. The molecule has 0 spiro atoms. The summed E-state index contributed by atoms with van der Waals surface area (Å²) in [6, 6.07) is 6.46. The SMILES string of the molecule is NC1CCN(S(=O)(=O)c2ccc(CNC(=O)C3=CC4C#CC=NC=C4S3)cc2)C1. The molecule has 2 atom stereocenters. The van der Waals surface area contributed by atoms with E-state index in [2.05, 4.69) is 22.2 Å². The van der Waals surface area contributed by atoms with E-state index in [1.54, 1.807) is 36.7 Å². The fourth-order valence-electron chi connectivity index (χ4n) is 3.24. The van der Waals surface area contributed by atoms with E-state index in [1.807, 2.05) is 6.08 Å². The number of sulfonamides is 1. The maximum Gasteiger partial charge on any atom is 0.258 e. The molecule has 0 bridgehead atoms. The summed E-state index contributed by atoms with van der Waals surface area (Å²) in [6.07, 6.45) is 5.77. The van der Waals surface area contributed by atoms with Crippen molar-refractivity contribution in [3.05, 3.63) is 51.9 Å². The van der Waals surface area contributed by atoms with Gasteiger partial charge in [0.25, 0.3) is 5.91 Å². The molecule has 1 amide bonds. The zero-order valence-corrected chi connectivity index (χ0v) is 17.2. The van der Waals surface area contributed by atoms with E-state index in [1.165, 1.54) is 16.1 Å². The summed E-state index contributed by atoms with van der Waals surface area (Å²) in [6.45, 7) is 1.10. The highest BCUT2D eigenvalue weighted by atomic mass is 32.2. The quantitative estimate of drug-likeness (QED) is 0.686. The van der Waals surface area contributed by atoms with Crippen LogP contribution in [0, 0.1) is 17.8 Å². The summed E-state index contributed by atoms with van der Waals surface area (Å²) in [7, 11) is -3.52. The van der Waals surface area contributed by atoms with Crippen molar-refractivity contribution in [1.82, 2.24) is 9.62 Å². The molecule has 3 heterocycles. The van der Waals surface area contributed by atoms with Crippen LogP contribution in [-0.4, -0.2) is 44.0 Å². The van der Waals surface area contributed by atoms with Crippen LogP contribution in [0.15, 0.2) is 56.2 Å². The van der Waals surface area contributed by atoms with E-state index >= 15 is 0 Å². The van der Waals surface area contributed by atoms with Crippen molar-refractivity contribution < 1.29 is 13.2 Å². The van der Waals surface area contributed by atoms with Gasteiger partial charge in [0.2, 0.25) is 10.0 Å². The van der Waals surface area contributed by atoms with Gasteiger partial charge in [-0.25, -0.2) is 8.42 Å². The molecular weight excluding hydrogens is 408 g/mol. The molecule has 4 rings (SSSR count). The monoisotopic (exact) mass is 428 g/mol. The lowest BCUT2D eigenvalue weighted by Gasteiger charge is -2.16. The number of fused-ring (bicyclic) bond motifs is 1. The summed E-state index contributed by atoms with van der Waals surface area (Å²) < 4.78 is 26.7. The Hall–Kier alpha value is -2.38. The summed E-state index contributed by atoms with van der Waals surface area (Å²) >= 11 is 1.37. The van der Waals surface area contributed by atoms with Gasteiger partial charge in [0.15, 0.2) is 0 Å². The molecule has 1 aromatic carbocycles. The van der Waals surface area contributed by atoms with E-state index in [0.717, 1.165) is 10.5 Å². The second-order valence-electron chi connectivity index (χ2n) is 6.95. The third-order valence-corrected chi connectivity index (χ3v) is 7.87. The van der Waals surface area contributed by atoms with Crippen molar-refractivity contribution in [2.75, 3.05) is 13.1 Å². The van der Waals surface area contributed by atoms with Crippen LogP contribution in [0.3, 0.4) is 0 Å². The van der Waals surface area contributed by atoms with Crippen LogP contribution in [0.25, 0.3) is 0 Å². The van der Waals surface area contributed by atoms with Crippen molar-refractivity contribution in [1.29, 1.82) is 0 Å². The van der Waals surface area contributed by atoms with Gasteiger partial charge in [0.1, 0.15) is 0 Å². The summed E-state index contributed by atoms with van der Waals surface area (Å²) in [4.78, 5) is 18.3. The van der Waals surface area contributed by atoms with Crippen LogP contribution >= 0.6 is 11.8 Å². The average molecular weight is 429 g/mol. The molecule has 0 aromatic heterocycles. The number of allylic oxidation sites excluding steroid dienone is 2. The van der Waals surface area contributed by atoms with Gasteiger partial charge in [-0.05, 0) is 30.2 Å². The van der Waals surface area contributed by atoms with Crippen molar-refractivity contribution in [2.24, 2.45) is 16.6 Å². The molecule has 2 unspecified atom stereocenters. The predicted molar refractivity (Wildman–Crippen MR) is 113 cm³/mol. The lowest BCUT2D eigenvalue weighted by Crippen LogP contribution is -2.32. The van der Waals surface area contributed by atoms with Gasteiger partial charge in [-0.2, -0.15) is 4.31 Å². The van der Waals surface area contributed by atoms with Crippen LogP contribution in [0.4, 0.5) is 0 Å². The molecule has 150 valence electrons. The van der Waals surface area contributed by atoms with Crippen LogP contribution in [-0.2, 0) is 21.4 Å². The third-order valence-electron chi connectivity index (χ3n) is 4.86. The van der Waals surface area contributed by atoms with Gasteiger partial charge in [-0.15, -0.1) is 0 Å². The number of nitrogens with two attached hydrogens (primary N) is 1. The van der Waals surface area contributed by atoms with Crippen LogP contribution in [0.5, 0.6) is 0 Å². The van der Waals surface area contributed by atoms with Crippen molar-refractivity contribution in [3.63, 3.8) is 0 Å². The molecule has 0 aliphatic carbocycles. The largest absolute Gasteiger partial charge is 0.348 e. The van der Waals surface area contributed by atoms with Gasteiger partial charge in [0.05, 0.1) is 21.9 Å². The second kappa shape index (κ2) is 8.16. The molecule has 3 aliphatic rings. The highest BCUT2D eigenvalue weighted by Crippen LogP contribution is 2.40. The Labute approximate surface area is 174 Å². The molecular formula is C20H20N4O3S2. The van der Waals surface area contributed by atoms with E-state index in [9.17, 15) is 13.2 Å². The first-order valence-electron chi connectivity index (χ1n) is 9.19. The Morgan fingerprint density at radius 2 is 2.14 bits per heavy atom. The number of thioether (sulfide) groups is 1. The zero-order chi connectivity index (χ0) is 20.4. The van der Waals surface area contributed by atoms with E-state index in [0.29, 0.717) is 31.0 Å². The molecule has 7 nitrogen and oxygen atoms in total. The Balaban J connectivity index is 1.37. The molecule has 0 saturated carbocycles. The molecule has 1 saturated heterocycles. The van der Waals surface area contributed by atoms with E-state index in [-0.39, 0.29) is 22.8 Å². The molecule has 29 heavy (non-hydrogen) atoms. The van der Waals surface area contributed by atoms with Crippen LogP contribution < -0.4 is 11.1 Å². The maximum atomic E-state index is 12.6. The Morgan fingerprint density at radius 3 is 2.86 bits per heavy atom. The number of aliphatic imine (C=N–C) groups is 1. The highest BCUT2D eigenvalue weighted by Gasteiger charge is 2.31. The van der Waals surface area contributed by atoms with Gasteiger partial charge in [-0.3, -0.25) is 9.79 Å². The number of nitrogens with zero attached hydrogens (tertiary/aromatic N) is 2. The van der Waals surface area contributed by atoms with E-state index in [4.69, 9.17) is 5.73 Å².